The van der Waals surface area contributed by atoms with Crippen molar-refractivity contribution in [3.05, 3.63) is 11.6 Å². The third-order valence-electron chi connectivity index (χ3n) is 4.93. The Morgan fingerprint density at radius 3 is 2.73 bits per heavy atom. The predicted octanol–water partition coefficient (Wildman–Crippen LogP) is 4.81. The van der Waals surface area contributed by atoms with Gasteiger partial charge in [0.1, 0.15) is 0 Å². The predicted molar refractivity (Wildman–Crippen MR) is 66.8 cm³/mol. The van der Waals surface area contributed by atoms with Crippen LogP contribution in [0.4, 0.5) is 0 Å². The Morgan fingerprint density at radius 1 is 1.33 bits per heavy atom. The third kappa shape index (κ3) is 1.77. The molecule has 0 heterocycles. The molecule has 0 aromatic carbocycles. The Balaban J connectivity index is 2.33. The van der Waals surface area contributed by atoms with Crippen molar-refractivity contribution >= 4 is 0 Å². The fourth-order valence-corrected chi connectivity index (χ4v) is 4.47. The summed E-state index contributed by atoms with van der Waals surface area (Å²) in [5.74, 6) is 2.64. The first-order chi connectivity index (χ1) is 7.05. The average Bonchev–Trinajstić information content (AvgIpc) is 2.15. The van der Waals surface area contributed by atoms with Gasteiger partial charge in [-0.25, -0.2) is 0 Å². The normalized spacial score (nSPS) is 41.3. The Labute approximate surface area is 95.1 Å². The average molecular weight is 206 g/mol. The number of allylic oxidation sites excluding steroid dienone is 2. The lowest BCUT2D eigenvalue weighted by Crippen LogP contribution is -2.41. The van der Waals surface area contributed by atoms with Crippen molar-refractivity contribution < 1.29 is 0 Å². The first-order valence-corrected chi connectivity index (χ1v) is 6.75. The number of hydrogen-bond donors (Lipinski definition) is 0. The van der Waals surface area contributed by atoms with Crippen LogP contribution >= 0.6 is 0 Å². The Bertz CT molecular complexity index is 261. The van der Waals surface area contributed by atoms with Crippen LogP contribution in [0.1, 0.15) is 59.8 Å². The maximum Gasteiger partial charge on any atom is -0.00831 e. The number of hydrogen-bond acceptors (Lipinski definition) is 0. The molecule has 0 saturated heterocycles. The van der Waals surface area contributed by atoms with Crippen LogP contribution in [0.3, 0.4) is 0 Å². The van der Waals surface area contributed by atoms with Crippen molar-refractivity contribution in [2.75, 3.05) is 0 Å². The van der Waals surface area contributed by atoms with E-state index in [1.165, 1.54) is 32.1 Å². The molecule has 2 rings (SSSR count). The maximum absolute atomic E-state index is 2.57. The summed E-state index contributed by atoms with van der Waals surface area (Å²) in [6, 6.07) is 0. The van der Waals surface area contributed by atoms with Crippen LogP contribution in [0.25, 0.3) is 0 Å². The highest BCUT2D eigenvalue weighted by Crippen LogP contribution is 2.54. The van der Waals surface area contributed by atoms with Gasteiger partial charge in [-0.1, -0.05) is 45.8 Å². The van der Waals surface area contributed by atoms with E-state index < -0.39 is 0 Å². The largest absolute Gasteiger partial charge is 0.0845 e. The summed E-state index contributed by atoms with van der Waals surface area (Å²) >= 11 is 0. The molecule has 0 spiro atoms. The van der Waals surface area contributed by atoms with Crippen LogP contribution in [0.15, 0.2) is 11.6 Å². The Morgan fingerprint density at radius 2 is 2.07 bits per heavy atom. The van der Waals surface area contributed by atoms with Gasteiger partial charge in [0, 0.05) is 0 Å². The van der Waals surface area contributed by atoms with Crippen molar-refractivity contribution in [1.82, 2.24) is 0 Å². The molecule has 0 nitrogen and oxygen atoms in total. The highest BCUT2D eigenvalue weighted by Gasteiger charge is 2.44. The highest BCUT2D eigenvalue weighted by molar-refractivity contribution is 5.21. The zero-order valence-electron chi connectivity index (χ0n) is 10.8. The first-order valence-electron chi connectivity index (χ1n) is 6.75. The van der Waals surface area contributed by atoms with Crippen LogP contribution < -0.4 is 0 Å². The van der Waals surface area contributed by atoms with Gasteiger partial charge in [0.05, 0.1) is 0 Å². The van der Waals surface area contributed by atoms with Gasteiger partial charge in [0.25, 0.3) is 0 Å². The van der Waals surface area contributed by atoms with Crippen molar-refractivity contribution in [2.24, 2.45) is 23.2 Å². The van der Waals surface area contributed by atoms with E-state index in [1.54, 1.807) is 5.57 Å². The minimum absolute atomic E-state index is 0.546. The molecule has 15 heavy (non-hydrogen) atoms. The molecule has 0 radical (unpaired) electrons. The fourth-order valence-electron chi connectivity index (χ4n) is 4.47. The van der Waals surface area contributed by atoms with E-state index >= 15 is 0 Å². The Hall–Kier alpha value is -0.260. The minimum atomic E-state index is 0.546. The maximum atomic E-state index is 2.57. The molecule has 0 heteroatoms. The van der Waals surface area contributed by atoms with Crippen molar-refractivity contribution in [2.45, 2.75) is 59.8 Å². The molecule has 3 atom stereocenters. The zero-order chi connectivity index (χ0) is 11.1. The summed E-state index contributed by atoms with van der Waals surface area (Å²) < 4.78 is 0. The van der Waals surface area contributed by atoms with Gasteiger partial charge in [0.15, 0.2) is 0 Å². The van der Waals surface area contributed by atoms with Crippen molar-refractivity contribution in [1.29, 1.82) is 0 Å². The summed E-state index contributed by atoms with van der Waals surface area (Å²) in [6.45, 7) is 9.84. The lowest BCUT2D eigenvalue weighted by molar-refractivity contribution is 0.0753. The summed E-state index contributed by atoms with van der Waals surface area (Å²) in [4.78, 5) is 0. The first kappa shape index (κ1) is 11.2. The minimum Gasteiger partial charge on any atom is -0.0845 e. The lowest BCUT2D eigenvalue weighted by atomic mass is 9.54. The van der Waals surface area contributed by atoms with Crippen LogP contribution in [-0.2, 0) is 0 Å². The molecular weight excluding hydrogens is 180 g/mol. The van der Waals surface area contributed by atoms with E-state index in [2.05, 4.69) is 33.8 Å². The monoisotopic (exact) mass is 206 g/mol. The molecule has 0 bridgehead atoms. The van der Waals surface area contributed by atoms with Gasteiger partial charge < -0.3 is 0 Å². The summed E-state index contributed by atoms with van der Waals surface area (Å²) in [5.41, 5.74) is 2.34. The topological polar surface area (TPSA) is 0 Å². The lowest BCUT2D eigenvalue weighted by Gasteiger charge is -2.50. The summed E-state index contributed by atoms with van der Waals surface area (Å²) in [5, 5.41) is 0. The standard InChI is InChI=1S/C15H26/c1-11(2)14-12(3)8-9-13-7-5-6-10-15(13,14)4/h9,11-12,14H,5-8,10H2,1-4H3/t12?,14?,15-/m0/s1. The van der Waals surface area contributed by atoms with Crippen molar-refractivity contribution in [3.63, 3.8) is 0 Å². The molecule has 1 saturated carbocycles. The van der Waals surface area contributed by atoms with E-state index in [4.69, 9.17) is 0 Å². The van der Waals surface area contributed by atoms with E-state index in [-0.39, 0.29) is 0 Å². The van der Waals surface area contributed by atoms with Gasteiger partial charge in [-0.15, -0.1) is 0 Å². The number of rotatable bonds is 1. The van der Waals surface area contributed by atoms with E-state index in [1.807, 2.05) is 0 Å². The second kappa shape index (κ2) is 3.96. The molecule has 0 N–H and O–H groups in total. The molecule has 0 aromatic heterocycles. The van der Waals surface area contributed by atoms with Gasteiger partial charge in [-0.2, -0.15) is 0 Å². The molecule has 0 aliphatic heterocycles. The number of fused-ring (bicyclic) bond motifs is 1. The van der Waals surface area contributed by atoms with E-state index in [9.17, 15) is 0 Å². The Kier molecular flexibility index (Phi) is 2.96. The fraction of sp³-hybridized carbons (Fsp3) is 0.867. The molecule has 2 aliphatic rings. The van der Waals surface area contributed by atoms with Crippen molar-refractivity contribution in [3.8, 4) is 0 Å². The van der Waals surface area contributed by atoms with Crippen LogP contribution in [0.5, 0.6) is 0 Å². The SMILES string of the molecule is CC(C)C1C(C)CC=C2CCCC[C@@]21C. The zero-order valence-corrected chi connectivity index (χ0v) is 10.8. The van der Waals surface area contributed by atoms with Crippen LogP contribution in [0, 0.1) is 23.2 Å². The molecule has 0 amide bonds. The molecular formula is C15H26. The molecule has 1 fully saturated rings. The van der Waals surface area contributed by atoms with Gasteiger partial charge in [0.2, 0.25) is 0 Å². The quantitative estimate of drug-likeness (QED) is 0.540. The third-order valence-corrected chi connectivity index (χ3v) is 4.93. The van der Waals surface area contributed by atoms with Gasteiger partial charge >= 0.3 is 0 Å². The molecule has 0 aromatic rings. The smallest absolute Gasteiger partial charge is 0.00831 e. The molecule has 2 aliphatic carbocycles. The van der Waals surface area contributed by atoms with Gasteiger partial charge in [-0.3, -0.25) is 0 Å². The second-order valence-corrected chi connectivity index (χ2v) is 6.34. The van der Waals surface area contributed by atoms with Crippen LogP contribution in [-0.4, -0.2) is 0 Å². The van der Waals surface area contributed by atoms with E-state index in [0.29, 0.717) is 5.41 Å². The summed E-state index contributed by atoms with van der Waals surface area (Å²) in [7, 11) is 0. The molecule has 86 valence electrons. The van der Waals surface area contributed by atoms with Gasteiger partial charge in [-0.05, 0) is 48.9 Å². The van der Waals surface area contributed by atoms with Crippen LogP contribution in [0.2, 0.25) is 0 Å². The molecule has 2 unspecified atom stereocenters. The second-order valence-electron chi connectivity index (χ2n) is 6.34. The highest BCUT2D eigenvalue weighted by atomic mass is 14.5. The van der Waals surface area contributed by atoms with E-state index in [0.717, 1.165) is 17.8 Å². The summed E-state index contributed by atoms with van der Waals surface area (Å²) in [6.07, 6.45) is 9.60.